The molecule has 2 heterocycles. The summed E-state index contributed by atoms with van der Waals surface area (Å²) in [5, 5.41) is 17.1. The molecule has 1 atom stereocenters. The van der Waals surface area contributed by atoms with Crippen LogP contribution in [0.5, 0.6) is 5.75 Å². The second-order valence-electron chi connectivity index (χ2n) is 6.36. The number of phenols is 1. The Hall–Kier alpha value is -3.15. The highest BCUT2D eigenvalue weighted by Crippen LogP contribution is 2.43. The summed E-state index contributed by atoms with van der Waals surface area (Å²) in [4.78, 5) is 14.7. The maximum atomic E-state index is 13.3. The quantitative estimate of drug-likeness (QED) is 0.749. The van der Waals surface area contributed by atoms with Gasteiger partial charge in [0.25, 0.3) is 5.91 Å². The molecule has 1 aliphatic rings. The summed E-state index contributed by atoms with van der Waals surface area (Å²) in [7, 11) is 0. The highest BCUT2D eigenvalue weighted by atomic mass is 19.1. The number of nitrogens with one attached hydrogen (secondary N) is 1. The van der Waals surface area contributed by atoms with Gasteiger partial charge in [-0.25, -0.2) is 4.39 Å². The molecule has 0 unspecified atom stereocenters. The lowest BCUT2D eigenvalue weighted by Crippen LogP contribution is -2.30. The monoisotopic (exact) mass is 351 g/mol. The van der Waals surface area contributed by atoms with Crippen molar-refractivity contribution in [2.45, 2.75) is 19.4 Å². The van der Waals surface area contributed by atoms with E-state index >= 15 is 0 Å². The Morgan fingerprint density at radius 2 is 2.00 bits per heavy atom. The molecule has 0 aliphatic carbocycles. The Kier molecular flexibility index (Phi) is 3.95. The zero-order valence-electron chi connectivity index (χ0n) is 14.2. The van der Waals surface area contributed by atoms with Gasteiger partial charge in [0.15, 0.2) is 0 Å². The van der Waals surface area contributed by atoms with Gasteiger partial charge in [-0.1, -0.05) is 19.1 Å². The van der Waals surface area contributed by atoms with Crippen LogP contribution in [0, 0.1) is 5.82 Å². The second kappa shape index (κ2) is 6.29. The molecule has 5 nitrogen and oxygen atoms in total. The van der Waals surface area contributed by atoms with Crippen molar-refractivity contribution in [3.8, 4) is 17.0 Å². The van der Waals surface area contributed by atoms with Crippen LogP contribution >= 0.6 is 0 Å². The van der Waals surface area contributed by atoms with E-state index < -0.39 is 0 Å². The molecule has 0 saturated heterocycles. The summed E-state index contributed by atoms with van der Waals surface area (Å²) in [6.07, 6.45) is 0.810. The van der Waals surface area contributed by atoms with Gasteiger partial charge in [-0.3, -0.25) is 9.89 Å². The van der Waals surface area contributed by atoms with Gasteiger partial charge in [-0.05, 0) is 48.4 Å². The zero-order chi connectivity index (χ0) is 18.3. The van der Waals surface area contributed by atoms with Gasteiger partial charge < -0.3 is 10.0 Å². The molecule has 0 fully saturated rings. The summed E-state index contributed by atoms with van der Waals surface area (Å²) in [5.41, 5.74) is 3.39. The molecule has 132 valence electrons. The molecular formula is C20H18FN3O2. The van der Waals surface area contributed by atoms with E-state index in [2.05, 4.69) is 10.2 Å². The summed E-state index contributed by atoms with van der Waals surface area (Å²) in [6, 6.07) is 12.6. The third kappa shape index (κ3) is 2.54. The molecule has 2 N–H and O–H groups in total. The van der Waals surface area contributed by atoms with Crippen molar-refractivity contribution in [3.63, 3.8) is 0 Å². The predicted molar refractivity (Wildman–Crippen MR) is 95.3 cm³/mol. The number of H-pyrrole nitrogens is 1. The van der Waals surface area contributed by atoms with Crippen molar-refractivity contribution in [1.29, 1.82) is 0 Å². The number of nitrogens with zero attached hydrogens (tertiary/aromatic N) is 2. The van der Waals surface area contributed by atoms with Crippen LogP contribution in [0.4, 0.5) is 4.39 Å². The first-order valence-corrected chi connectivity index (χ1v) is 8.54. The Morgan fingerprint density at radius 1 is 1.23 bits per heavy atom. The molecule has 0 radical (unpaired) electrons. The fraction of sp³-hybridized carbons (Fsp3) is 0.200. The minimum atomic E-state index is -0.344. The molecular weight excluding hydrogens is 333 g/mol. The van der Waals surface area contributed by atoms with Crippen LogP contribution in [0.15, 0.2) is 48.5 Å². The maximum Gasteiger partial charge on any atom is 0.273 e. The first kappa shape index (κ1) is 16.3. The van der Waals surface area contributed by atoms with Crippen LogP contribution in [0.1, 0.15) is 41.0 Å². The van der Waals surface area contributed by atoms with E-state index in [1.54, 1.807) is 35.2 Å². The smallest absolute Gasteiger partial charge is 0.273 e. The van der Waals surface area contributed by atoms with E-state index in [-0.39, 0.29) is 23.5 Å². The van der Waals surface area contributed by atoms with Gasteiger partial charge in [-0.15, -0.1) is 0 Å². The van der Waals surface area contributed by atoms with E-state index in [0.29, 0.717) is 17.9 Å². The Bertz CT molecular complexity index is 965. The summed E-state index contributed by atoms with van der Waals surface area (Å²) >= 11 is 0. The number of carbonyl (C=O) groups excluding carboxylic acids is 1. The van der Waals surface area contributed by atoms with Gasteiger partial charge in [0.05, 0.1) is 11.7 Å². The largest absolute Gasteiger partial charge is 0.508 e. The molecule has 2 aromatic carbocycles. The van der Waals surface area contributed by atoms with Crippen molar-refractivity contribution in [2.24, 2.45) is 0 Å². The number of fused-ring (bicyclic) bond motifs is 1. The van der Waals surface area contributed by atoms with Gasteiger partial charge in [0.1, 0.15) is 17.3 Å². The van der Waals surface area contributed by atoms with E-state index in [9.17, 15) is 14.3 Å². The van der Waals surface area contributed by atoms with Gasteiger partial charge in [0, 0.05) is 17.7 Å². The lowest BCUT2D eigenvalue weighted by atomic mass is 9.96. The third-order valence-electron chi connectivity index (χ3n) is 4.63. The topological polar surface area (TPSA) is 69.2 Å². The van der Waals surface area contributed by atoms with Crippen LogP contribution in [-0.4, -0.2) is 32.7 Å². The molecule has 3 aromatic rings. The lowest BCUT2D eigenvalue weighted by Gasteiger charge is -2.26. The normalized spacial score (nSPS) is 16.2. The van der Waals surface area contributed by atoms with Crippen LogP contribution in [0.3, 0.4) is 0 Å². The van der Waals surface area contributed by atoms with Gasteiger partial charge >= 0.3 is 0 Å². The zero-order valence-corrected chi connectivity index (χ0v) is 14.2. The molecule has 1 aromatic heterocycles. The molecule has 4 rings (SSSR count). The number of halogens is 1. The van der Waals surface area contributed by atoms with Crippen molar-refractivity contribution in [1.82, 2.24) is 15.1 Å². The molecule has 1 aliphatic heterocycles. The number of aromatic nitrogens is 2. The molecule has 1 amide bonds. The van der Waals surface area contributed by atoms with Crippen LogP contribution < -0.4 is 0 Å². The van der Waals surface area contributed by atoms with E-state index in [4.69, 9.17) is 0 Å². The summed E-state index contributed by atoms with van der Waals surface area (Å²) in [6.45, 7) is 2.60. The number of carbonyl (C=O) groups is 1. The second-order valence-corrected chi connectivity index (χ2v) is 6.36. The van der Waals surface area contributed by atoms with Crippen molar-refractivity contribution >= 4 is 5.91 Å². The predicted octanol–water partition coefficient (Wildman–Crippen LogP) is 3.88. The fourth-order valence-electron chi connectivity index (χ4n) is 3.54. The number of hydrogen-bond donors (Lipinski definition) is 2. The van der Waals surface area contributed by atoms with E-state index in [1.165, 1.54) is 12.1 Å². The number of amides is 1. The van der Waals surface area contributed by atoms with Crippen molar-refractivity contribution in [3.05, 3.63) is 71.2 Å². The Balaban J connectivity index is 1.89. The van der Waals surface area contributed by atoms with Crippen molar-refractivity contribution < 1.29 is 14.3 Å². The number of phenolic OH excluding ortho intramolecular Hbond substituents is 1. The molecule has 0 bridgehead atoms. The minimum Gasteiger partial charge on any atom is -0.508 e. The average Bonchev–Trinajstić information content (AvgIpc) is 3.16. The maximum absolute atomic E-state index is 13.3. The minimum absolute atomic E-state index is 0.115. The lowest BCUT2D eigenvalue weighted by molar-refractivity contribution is 0.0743. The van der Waals surface area contributed by atoms with E-state index in [1.807, 2.05) is 13.0 Å². The highest BCUT2D eigenvalue weighted by molar-refractivity contribution is 6.00. The number of rotatable bonds is 4. The average molecular weight is 351 g/mol. The number of hydrogen-bond acceptors (Lipinski definition) is 3. The summed E-state index contributed by atoms with van der Waals surface area (Å²) in [5.74, 6) is -0.295. The Labute approximate surface area is 150 Å². The van der Waals surface area contributed by atoms with Crippen LogP contribution in [0.2, 0.25) is 0 Å². The van der Waals surface area contributed by atoms with Crippen LogP contribution in [0.25, 0.3) is 11.3 Å². The molecule has 0 spiro atoms. The molecule has 26 heavy (non-hydrogen) atoms. The molecule has 6 heteroatoms. The van der Waals surface area contributed by atoms with Crippen LogP contribution in [-0.2, 0) is 0 Å². The number of aromatic amines is 1. The van der Waals surface area contributed by atoms with Crippen molar-refractivity contribution in [2.75, 3.05) is 6.54 Å². The van der Waals surface area contributed by atoms with Gasteiger partial charge in [0.2, 0.25) is 0 Å². The fourth-order valence-corrected chi connectivity index (χ4v) is 3.54. The summed E-state index contributed by atoms with van der Waals surface area (Å²) < 4.78 is 13.3. The Morgan fingerprint density at radius 3 is 2.69 bits per heavy atom. The standard InChI is InChI=1S/C20H18FN3O2/c1-2-10-24-19(13-4-3-5-15(25)11-13)16-17(22-23-18(16)20(24)26)12-6-8-14(21)9-7-12/h3-9,11,19,25H,2,10H2,1H3,(H,22,23)/t19-/m1/s1. The first-order chi connectivity index (χ1) is 12.6. The highest BCUT2D eigenvalue weighted by Gasteiger charge is 2.41. The first-order valence-electron chi connectivity index (χ1n) is 8.54. The molecule has 0 saturated carbocycles. The SMILES string of the molecule is CCCN1C(=O)c2[nH]nc(-c3ccc(F)cc3)c2[C@H]1c1cccc(O)c1. The number of aromatic hydroxyl groups is 1. The van der Waals surface area contributed by atoms with E-state index in [0.717, 1.165) is 23.1 Å². The third-order valence-corrected chi connectivity index (χ3v) is 4.63. The number of benzene rings is 2. The van der Waals surface area contributed by atoms with Gasteiger partial charge in [-0.2, -0.15) is 5.10 Å².